The number of aliphatic imine (C=N–C) groups is 1. The minimum Gasteiger partial charge on any atom is -0.369 e. The van der Waals surface area contributed by atoms with Crippen LogP contribution in [0.5, 0.6) is 0 Å². The van der Waals surface area contributed by atoms with Gasteiger partial charge in [-0.1, -0.05) is 23.4 Å². The first-order chi connectivity index (χ1) is 14.9. The number of likely N-dealkylation sites (N-methyl/N-ethyl adjacent to an activating group) is 1. The Balaban J connectivity index is 1.58. The largest absolute Gasteiger partial charge is 0.369 e. The number of fused-ring (bicyclic) bond motifs is 4. The summed E-state index contributed by atoms with van der Waals surface area (Å²) in [5, 5.41) is 4.24. The summed E-state index contributed by atoms with van der Waals surface area (Å²) in [6.07, 6.45) is 6.64. The molecule has 156 valence electrons. The molecule has 6 rings (SSSR count). The van der Waals surface area contributed by atoms with Crippen LogP contribution in [-0.4, -0.2) is 34.0 Å². The summed E-state index contributed by atoms with van der Waals surface area (Å²) >= 11 is 0. The lowest BCUT2D eigenvalue weighted by molar-refractivity contribution is -0.135. The van der Waals surface area contributed by atoms with Crippen LogP contribution in [0.15, 0.2) is 52.2 Å². The van der Waals surface area contributed by atoms with Gasteiger partial charge in [-0.15, -0.1) is 0 Å². The van der Waals surface area contributed by atoms with E-state index in [9.17, 15) is 4.79 Å². The van der Waals surface area contributed by atoms with Crippen molar-refractivity contribution in [1.29, 1.82) is 0 Å². The molecule has 7 heteroatoms. The Bertz CT molecular complexity index is 1260. The monoisotopic (exact) mass is 413 g/mol. The second-order valence-corrected chi connectivity index (χ2v) is 8.96. The molecule has 1 amide bonds. The average molecular weight is 413 g/mol. The van der Waals surface area contributed by atoms with Crippen LogP contribution in [0.3, 0.4) is 0 Å². The fourth-order valence-corrected chi connectivity index (χ4v) is 5.83. The van der Waals surface area contributed by atoms with E-state index >= 15 is 0 Å². The Kier molecular flexibility index (Phi) is 3.56. The molecule has 2 unspecified atom stereocenters. The number of aryl methyl sites for hydroxylation is 2. The fraction of sp³-hybridized carbons (Fsp3) is 0.333. The lowest BCUT2D eigenvalue weighted by Gasteiger charge is -2.43. The third-order valence-corrected chi connectivity index (χ3v) is 7.45. The van der Waals surface area contributed by atoms with Gasteiger partial charge in [0.15, 0.2) is 11.5 Å². The van der Waals surface area contributed by atoms with Gasteiger partial charge in [0, 0.05) is 30.4 Å². The number of hydrogen-bond acceptors (Lipinski definition) is 6. The molecular weight excluding hydrogens is 390 g/mol. The van der Waals surface area contributed by atoms with Crippen LogP contribution < -0.4 is 5.73 Å². The third-order valence-electron chi connectivity index (χ3n) is 7.45. The molecule has 0 saturated heterocycles. The van der Waals surface area contributed by atoms with Crippen molar-refractivity contribution in [1.82, 2.24) is 15.0 Å². The molecule has 2 N–H and O–H groups in total. The van der Waals surface area contributed by atoms with Crippen LogP contribution in [-0.2, 0) is 29.6 Å². The fourth-order valence-electron chi connectivity index (χ4n) is 5.83. The predicted octanol–water partition coefficient (Wildman–Crippen LogP) is 2.76. The standard InChI is InChI=1S/C24H23N5O2/c1-14-18-12-23(8-7-20(18)28-31-14)11-16-6-5-15(17-4-3-9-26-13-17)10-19(16)24(23)21(30)29(2)22(25)27-24/h3-6,9-10,13H,7-8,11-12H2,1-2H3,(H2,25,27). The molecule has 3 aliphatic rings. The van der Waals surface area contributed by atoms with Crippen LogP contribution in [0.2, 0.25) is 0 Å². The van der Waals surface area contributed by atoms with Gasteiger partial charge in [0.25, 0.3) is 5.91 Å². The van der Waals surface area contributed by atoms with E-state index in [-0.39, 0.29) is 11.9 Å². The molecule has 0 saturated carbocycles. The number of nitrogens with zero attached hydrogens (tertiary/aromatic N) is 4. The first kappa shape index (κ1) is 18.3. The van der Waals surface area contributed by atoms with Crippen molar-refractivity contribution in [2.45, 2.75) is 38.1 Å². The summed E-state index contributed by atoms with van der Waals surface area (Å²) in [6, 6.07) is 10.3. The predicted molar refractivity (Wildman–Crippen MR) is 115 cm³/mol. The van der Waals surface area contributed by atoms with Crippen molar-refractivity contribution < 1.29 is 9.32 Å². The average Bonchev–Trinajstić information content (AvgIpc) is 3.36. The Morgan fingerprint density at radius 1 is 1.19 bits per heavy atom. The maximum absolute atomic E-state index is 13.8. The summed E-state index contributed by atoms with van der Waals surface area (Å²) in [7, 11) is 1.71. The molecule has 2 spiro atoms. The minimum atomic E-state index is -1.03. The van der Waals surface area contributed by atoms with Gasteiger partial charge in [-0.25, -0.2) is 4.99 Å². The number of guanidine groups is 1. The van der Waals surface area contributed by atoms with Crippen LogP contribution in [0.1, 0.15) is 34.6 Å². The van der Waals surface area contributed by atoms with Gasteiger partial charge < -0.3 is 10.3 Å². The molecule has 7 nitrogen and oxygen atoms in total. The molecule has 2 aliphatic carbocycles. The van der Waals surface area contributed by atoms with Crippen LogP contribution >= 0.6 is 0 Å². The number of carbonyl (C=O) groups excluding carboxylic acids is 1. The highest BCUT2D eigenvalue weighted by Gasteiger charge is 2.66. The number of nitrogens with two attached hydrogens (primary N) is 1. The maximum atomic E-state index is 13.8. The van der Waals surface area contributed by atoms with Crippen LogP contribution in [0, 0.1) is 12.3 Å². The van der Waals surface area contributed by atoms with Crippen molar-refractivity contribution in [2.75, 3.05) is 7.05 Å². The number of amides is 1. The minimum absolute atomic E-state index is 0.0513. The van der Waals surface area contributed by atoms with Crippen molar-refractivity contribution in [3.8, 4) is 11.1 Å². The van der Waals surface area contributed by atoms with Gasteiger partial charge in [-0.05, 0) is 67.0 Å². The summed E-state index contributed by atoms with van der Waals surface area (Å²) in [4.78, 5) is 24.5. The maximum Gasteiger partial charge on any atom is 0.262 e. The molecule has 0 radical (unpaired) electrons. The topological polar surface area (TPSA) is 97.6 Å². The zero-order valence-corrected chi connectivity index (χ0v) is 17.6. The first-order valence-corrected chi connectivity index (χ1v) is 10.6. The molecule has 2 aromatic heterocycles. The van der Waals surface area contributed by atoms with Gasteiger partial charge in [0.05, 0.1) is 5.69 Å². The van der Waals surface area contributed by atoms with E-state index in [0.717, 1.165) is 58.5 Å². The van der Waals surface area contributed by atoms with Crippen LogP contribution in [0.4, 0.5) is 0 Å². The number of rotatable bonds is 1. The van der Waals surface area contributed by atoms with E-state index in [0.29, 0.717) is 6.42 Å². The summed E-state index contributed by atoms with van der Waals surface area (Å²) in [5.74, 6) is 1.05. The number of pyridine rings is 1. The van der Waals surface area contributed by atoms with Gasteiger partial charge in [0.2, 0.25) is 0 Å². The molecule has 31 heavy (non-hydrogen) atoms. The Labute approximate surface area is 180 Å². The van der Waals surface area contributed by atoms with Gasteiger partial charge in [0.1, 0.15) is 5.76 Å². The summed E-state index contributed by atoms with van der Waals surface area (Å²) in [5.41, 5.74) is 11.1. The summed E-state index contributed by atoms with van der Waals surface area (Å²) < 4.78 is 5.48. The second-order valence-electron chi connectivity index (χ2n) is 8.96. The molecule has 0 bridgehead atoms. The van der Waals surface area contributed by atoms with Crippen molar-refractivity contribution in [3.63, 3.8) is 0 Å². The molecule has 3 aromatic rings. The van der Waals surface area contributed by atoms with Crippen molar-refractivity contribution in [3.05, 3.63) is 70.9 Å². The Morgan fingerprint density at radius 3 is 2.81 bits per heavy atom. The smallest absolute Gasteiger partial charge is 0.262 e. The number of aromatic nitrogens is 2. The highest BCUT2D eigenvalue weighted by Crippen LogP contribution is 2.61. The van der Waals surface area contributed by atoms with E-state index in [1.54, 1.807) is 13.2 Å². The van der Waals surface area contributed by atoms with Gasteiger partial charge >= 0.3 is 0 Å². The molecule has 3 heterocycles. The third kappa shape index (κ3) is 2.23. The quantitative estimate of drug-likeness (QED) is 0.662. The number of carbonyl (C=O) groups is 1. The van der Waals surface area contributed by atoms with Gasteiger partial charge in [-0.2, -0.15) is 0 Å². The molecular formula is C24H23N5O2. The Hall–Kier alpha value is -3.48. The zero-order valence-electron chi connectivity index (χ0n) is 17.6. The Morgan fingerprint density at radius 2 is 2.06 bits per heavy atom. The van der Waals surface area contributed by atoms with Crippen LogP contribution in [0.25, 0.3) is 11.1 Å². The van der Waals surface area contributed by atoms with E-state index in [1.165, 1.54) is 4.90 Å². The number of benzene rings is 1. The van der Waals surface area contributed by atoms with Crippen molar-refractivity contribution >= 4 is 11.9 Å². The zero-order chi connectivity index (χ0) is 21.4. The molecule has 1 aliphatic heterocycles. The summed E-state index contributed by atoms with van der Waals surface area (Å²) in [6.45, 7) is 1.94. The second kappa shape index (κ2) is 6.03. The van der Waals surface area contributed by atoms with Crippen molar-refractivity contribution in [2.24, 2.45) is 16.1 Å². The van der Waals surface area contributed by atoms with E-state index in [4.69, 9.17) is 15.2 Å². The van der Waals surface area contributed by atoms with Gasteiger partial charge in [-0.3, -0.25) is 14.7 Å². The SMILES string of the molecule is Cc1onc2c1CC1(CC2)Cc2ccc(-c3cccnc3)cc2C12N=C(N)N(C)C2=O. The number of hydrogen-bond donors (Lipinski definition) is 1. The molecule has 2 atom stereocenters. The lowest BCUT2D eigenvalue weighted by atomic mass is 9.61. The first-order valence-electron chi connectivity index (χ1n) is 10.6. The molecule has 1 aromatic carbocycles. The van der Waals surface area contributed by atoms with E-state index in [2.05, 4.69) is 28.3 Å². The highest BCUT2D eigenvalue weighted by molar-refractivity contribution is 6.08. The normalized spacial score (nSPS) is 26.5. The highest BCUT2D eigenvalue weighted by atomic mass is 16.5. The molecule has 0 fully saturated rings. The van der Waals surface area contributed by atoms with E-state index in [1.807, 2.05) is 25.3 Å². The lowest BCUT2D eigenvalue weighted by Crippen LogP contribution is -2.51. The van der Waals surface area contributed by atoms with E-state index < -0.39 is 11.0 Å².